The van der Waals surface area contributed by atoms with Crippen LogP contribution >= 0.6 is 0 Å². The van der Waals surface area contributed by atoms with Gasteiger partial charge in [-0.15, -0.1) is 0 Å². The van der Waals surface area contributed by atoms with E-state index in [0.29, 0.717) is 6.04 Å². The molecule has 3 unspecified atom stereocenters. The Hall–Kier alpha value is -0.870. The van der Waals surface area contributed by atoms with Gasteiger partial charge < -0.3 is 0 Å². The molecular weight excluding hydrogens is 236 g/mol. The van der Waals surface area contributed by atoms with Gasteiger partial charge in [0.1, 0.15) is 0 Å². The number of hydrogen-bond acceptors (Lipinski definition) is 3. The van der Waals surface area contributed by atoms with Crippen molar-refractivity contribution in [2.75, 3.05) is 0 Å². The van der Waals surface area contributed by atoms with Crippen LogP contribution in [0.15, 0.2) is 6.07 Å². The maximum atomic E-state index is 5.83. The maximum absolute atomic E-state index is 5.83. The number of nitrogens with zero attached hydrogens (tertiary/aromatic N) is 2. The molecule has 1 heterocycles. The van der Waals surface area contributed by atoms with Crippen LogP contribution in [-0.4, -0.2) is 15.8 Å². The van der Waals surface area contributed by atoms with Gasteiger partial charge in [0.15, 0.2) is 0 Å². The lowest BCUT2D eigenvalue weighted by atomic mass is 10.0. The van der Waals surface area contributed by atoms with E-state index in [1.807, 2.05) is 0 Å². The van der Waals surface area contributed by atoms with E-state index in [0.717, 1.165) is 36.4 Å². The molecule has 0 bridgehead atoms. The summed E-state index contributed by atoms with van der Waals surface area (Å²) in [6, 6.07) is 2.63. The summed E-state index contributed by atoms with van der Waals surface area (Å²) in [6.45, 7) is 5.16. The third-order valence-electron chi connectivity index (χ3n) is 5.12. The predicted octanol–water partition coefficient (Wildman–Crippen LogP) is 2.02. The van der Waals surface area contributed by atoms with Crippen molar-refractivity contribution < 1.29 is 0 Å². The highest BCUT2D eigenvalue weighted by Gasteiger charge is 2.53. The van der Waals surface area contributed by atoms with E-state index in [4.69, 9.17) is 5.84 Å². The molecule has 1 aromatic rings. The molecule has 0 spiro atoms. The Morgan fingerprint density at radius 3 is 2.68 bits per heavy atom. The molecule has 3 rings (SSSR count). The van der Waals surface area contributed by atoms with Gasteiger partial charge in [0.05, 0.1) is 5.69 Å². The normalized spacial score (nSPS) is 31.0. The molecule has 0 aliphatic heterocycles. The average molecular weight is 262 g/mol. The number of hydrogen-bond donors (Lipinski definition) is 2. The summed E-state index contributed by atoms with van der Waals surface area (Å²) < 4.78 is 2.12. The second-order valence-corrected chi connectivity index (χ2v) is 6.26. The van der Waals surface area contributed by atoms with Gasteiger partial charge in [-0.3, -0.25) is 16.0 Å². The van der Waals surface area contributed by atoms with E-state index in [9.17, 15) is 0 Å². The van der Waals surface area contributed by atoms with Crippen molar-refractivity contribution in [3.63, 3.8) is 0 Å². The summed E-state index contributed by atoms with van der Waals surface area (Å²) in [5.41, 5.74) is 5.53. The first-order chi connectivity index (χ1) is 9.24. The molecule has 0 radical (unpaired) electrons. The van der Waals surface area contributed by atoms with Gasteiger partial charge in [-0.2, -0.15) is 5.10 Å². The molecule has 2 fully saturated rings. The van der Waals surface area contributed by atoms with E-state index in [-0.39, 0.29) is 0 Å². The van der Waals surface area contributed by atoms with Crippen molar-refractivity contribution in [1.29, 1.82) is 0 Å². The molecule has 0 aromatic carbocycles. The molecule has 0 saturated heterocycles. The molecular formula is C15H26N4. The standard InChI is InChI=1S/C15H26N4/c1-3-19-11(8-10(2)18-19)9-14(17-16)15-12-6-4-5-7-13(12)15/h8,12-15,17H,3-7,9,16H2,1-2H3. The number of hydrazine groups is 1. The maximum Gasteiger partial charge on any atom is 0.0596 e. The fourth-order valence-corrected chi connectivity index (χ4v) is 4.21. The smallest absolute Gasteiger partial charge is 0.0596 e. The van der Waals surface area contributed by atoms with Crippen molar-refractivity contribution >= 4 is 0 Å². The molecule has 2 aliphatic carbocycles. The van der Waals surface area contributed by atoms with E-state index in [2.05, 4.69) is 35.1 Å². The third-order valence-corrected chi connectivity index (χ3v) is 5.12. The van der Waals surface area contributed by atoms with Crippen LogP contribution in [0.5, 0.6) is 0 Å². The van der Waals surface area contributed by atoms with Gasteiger partial charge in [-0.05, 0) is 50.5 Å². The zero-order valence-electron chi connectivity index (χ0n) is 12.1. The Morgan fingerprint density at radius 1 is 1.42 bits per heavy atom. The highest BCUT2D eigenvalue weighted by molar-refractivity contribution is 5.14. The minimum absolute atomic E-state index is 0.425. The number of aromatic nitrogens is 2. The Bertz CT molecular complexity index is 427. The van der Waals surface area contributed by atoms with Gasteiger partial charge in [0, 0.05) is 24.7 Å². The summed E-state index contributed by atoms with van der Waals surface area (Å²) in [5, 5.41) is 4.54. The topological polar surface area (TPSA) is 55.9 Å². The van der Waals surface area contributed by atoms with Gasteiger partial charge in [-0.1, -0.05) is 12.8 Å². The third kappa shape index (κ3) is 2.43. The Kier molecular flexibility index (Phi) is 3.63. The van der Waals surface area contributed by atoms with Crippen molar-refractivity contribution in [1.82, 2.24) is 15.2 Å². The molecule has 19 heavy (non-hydrogen) atoms. The van der Waals surface area contributed by atoms with Gasteiger partial charge in [0.2, 0.25) is 0 Å². The van der Waals surface area contributed by atoms with Gasteiger partial charge in [0.25, 0.3) is 0 Å². The van der Waals surface area contributed by atoms with Crippen LogP contribution in [0.3, 0.4) is 0 Å². The SMILES string of the molecule is CCn1nc(C)cc1CC(NN)C1C2CCCCC21. The molecule has 4 nitrogen and oxygen atoms in total. The quantitative estimate of drug-likeness (QED) is 0.630. The summed E-state index contributed by atoms with van der Waals surface area (Å²) >= 11 is 0. The van der Waals surface area contributed by atoms with Crippen LogP contribution in [-0.2, 0) is 13.0 Å². The van der Waals surface area contributed by atoms with Crippen LogP contribution in [0.1, 0.15) is 44.0 Å². The van der Waals surface area contributed by atoms with Crippen LogP contribution in [0.4, 0.5) is 0 Å². The van der Waals surface area contributed by atoms with E-state index < -0.39 is 0 Å². The van der Waals surface area contributed by atoms with Crippen LogP contribution in [0, 0.1) is 24.7 Å². The highest BCUT2D eigenvalue weighted by atomic mass is 15.3. The largest absolute Gasteiger partial charge is 0.271 e. The number of aryl methyl sites for hydroxylation is 2. The molecule has 3 N–H and O–H groups in total. The lowest BCUT2D eigenvalue weighted by Gasteiger charge is -2.16. The second kappa shape index (κ2) is 5.25. The summed E-state index contributed by atoms with van der Waals surface area (Å²) in [7, 11) is 0. The van der Waals surface area contributed by atoms with Crippen molar-refractivity contribution in [3.05, 3.63) is 17.5 Å². The summed E-state index contributed by atoms with van der Waals surface area (Å²) in [5.74, 6) is 8.51. The predicted molar refractivity (Wildman–Crippen MR) is 76.4 cm³/mol. The zero-order valence-corrected chi connectivity index (χ0v) is 12.1. The molecule has 3 atom stereocenters. The van der Waals surface area contributed by atoms with Gasteiger partial charge in [-0.25, -0.2) is 0 Å². The fraction of sp³-hybridized carbons (Fsp3) is 0.800. The lowest BCUT2D eigenvalue weighted by Crippen LogP contribution is -2.39. The second-order valence-electron chi connectivity index (χ2n) is 6.26. The summed E-state index contributed by atoms with van der Waals surface area (Å²) in [6.07, 6.45) is 6.68. The molecule has 4 heteroatoms. The van der Waals surface area contributed by atoms with E-state index >= 15 is 0 Å². The van der Waals surface area contributed by atoms with Gasteiger partial charge >= 0.3 is 0 Å². The van der Waals surface area contributed by atoms with Crippen LogP contribution in [0.2, 0.25) is 0 Å². The number of nitrogens with two attached hydrogens (primary N) is 1. The van der Waals surface area contributed by atoms with Crippen molar-refractivity contribution in [3.8, 4) is 0 Å². The van der Waals surface area contributed by atoms with Crippen LogP contribution in [0.25, 0.3) is 0 Å². The first-order valence-electron chi connectivity index (χ1n) is 7.74. The van der Waals surface area contributed by atoms with E-state index in [1.165, 1.54) is 31.4 Å². The van der Waals surface area contributed by atoms with Crippen LogP contribution < -0.4 is 11.3 Å². The molecule has 0 amide bonds. The molecule has 106 valence electrons. The van der Waals surface area contributed by atoms with Crippen molar-refractivity contribution in [2.24, 2.45) is 23.6 Å². The number of fused-ring (bicyclic) bond motifs is 1. The molecule has 2 aliphatic rings. The highest BCUT2D eigenvalue weighted by Crippen LogP contribution is 2.57. The first kappa shape index (κ1) is 13.1. The number of nitrogens with one attached hydrogen (secondary N) is 1. The minimum atomic E-state index is 0.425. The molecule has 2 saturated carbocycles. The Labute approximate surface area is 115 Å². The Balaban J connectivity index is 1.70. The lowest BCUT2D eigenvalue weighted by molar-refractivity contribution is 0.424. The number of rotatable bonds is 5. The summed E-state index contributed by atoms with van der Waals surface area (Å²) in [4.78, 5) is 0. The fourth-order valence-electron chi connectivity index (χ4n) is 4.21. The Morgan fingerprint density at radius 2 is 2.11 bits per heavy atom. The first-order valence-corrected chi connectivity index (χ1v) is 7.74. The van der Waals surface area contributed by atoms with Crippen molar-refractivity contribution in [2.45, 2.75) is 58.5 Å². The zero-order chi connectivity index (χ0) is 13.4. The minimum Gasteiger partial charge on any atom is -0.271 e. The van der Waals surface area contributed by atoms with E-state index in [1.54, 1.807) is 0 Å². The molecule has 1 aromatic heterocycles. The monoisotopic (exact) mass is 262 g/mol. The average Bonchev–Trinajstić information content (AvgIpc) is 3.04.